The van der Waals surface area contributed by atoms with Gasteiger partial charge >= 0.3 is 11.9 Å². The Morgan fingerprint density at radius 2 is 1.50 bits per heavy atom. The van der Waals surface area contributed by atoms with Gasteiger partial charge in [0.25, 0.3) is 0 Å². The summed E-state index contributed by atoms with van der Waals surface area (Å²) in [7, 11) is 0. The number of nitrogens with one attached hydrogen (secondary N) is 3. The number of aliphatic carboxylic acids is 2. The molecule has 0 saturated heterocycles. The van der Waals surface area contributed by atoms with Crippen LogP contribution in [0, 0.1) is 0 Å². The first-order chi connectivity index (χ1) is 14.0. The number of carboxylic acid groups (broad SMARTS) is 2. The molecular weight excluding hydrogens is 404 g/mol. The summed E-state index contributed by atoms with van der Waals surface area (Å²) in [5, 5.41) is 24.2. The average molecular weight is 432 g/mol. The van der Waals surface area contributed by atoms with E-state index in [0.717, 1.165) is 0 Å². The highest BCUT2D eigenvalue weighted by Crippen LogP contribution is 1.99. The second-order valence-electron chi connectivity index (χ2n) is 6.40. The summed E-state index contributed by atoms with van der Waals surface area (Å²) in [4.78, 5) is 68.9. The highest BCUT2D eigenvalue weighted by Gasteiger charge is 2.29. The second kappa shape index (κ2) is 13.8. The lowest BCUT2D eigenvalue weighted by molar-refractivity contribution is -0.144. The van der Waals surface area contributed by atoms with Crippen LogP contribution >= 0.6 is 0 Å². The monoisotopic (exact) mass is 432 g/mol. The number of carbonyl (C=O) groups excluding carboxylic acids is 4. The van der Waals surface area contributed by atoms with E-state index in [1.807, 2.05) is 5.32 Å². The lowest BCUT2D eigenvalue weighted by atomic mass is 10.1. The van der Waals surface area contributed by atoms with Gasteiger partial charge in [0.1, 0.15) is 12.1 Å². The summed E-state index contributed by atoms with van der Waals surface area (Å²) in [5.41, 5.74) is 15.9. The maximum atomic E-state index is 12.2. The third-order valence-corrected chi connectivity index (χ3v) is 3.78. The van der Waals surface area contributed by atoms with Crippen molar-refractivity contribution in [2.24, 2.45) is 17.2 Å². The van der Waals surface area contributed by atoms with Crippen LogP contribution in [0.15, 0.2) is 0 Å². The van der Waals surface area contributed by atoms with Crippen molar-refractivity contribution in [1.29, 1.82) is 0 Å². The molecule has 30 heavy (non-hydrogen) atoms. The fourth-order valence-corrected chi connectivity index (χ4v) is 2.24. The highest BCUT2D eigenvalue weighted by molar-refractivity contribution is 5.95. The van der Waals surface area contributed by atoms with Gasteiger partial charge in [-0.1, -0.05) is 6.42 Å². The molecule has 0 radical (unpaired) electrons. The zero-order chi connectivity index (χ0) is 23.3. The van der Waals surface area contributed by atoms with Gasteiger partial charge in [0.05, 0.1) is 25.4 Å². The summed E-state index contributed by atoms with van der Waals surface area (Å²) in [6.45, 7) is -0.136. The Morgan fingerprint density at radius 3 is 2.00 bits per heavy atom. The SMILES string of the molecule is NCCCCC(N)C(=O)NCC(=O)NC(CC(=O)O)C(=O)NC(CC(N)=O)C(=O)O. The third kappa shape index (κ3) is 11.6. The molecule has 170 valence electrons. The molecule has 0 rings (SSSR count). The number of primary amides is 1. The van der Waals surface area contributed by atoms with Crippen LogP contribution in [-0.4, -0.2) is 77.0 Å². The number of carboxylic acids is 2. The van der Waals surface area contributed by atoms with Crippen LogP contribution in [0.25, 0.3) is 0 Å². The van der Waals surface area contributed by atoms with Crippen LogP contribution in [0.1, 0.15) is 32.1 Å². The van der Waals surface area contributed by atoms with Crippen LogP contribution in [0.4, 0.5) is 0 Å². The van der Waals surface area contributed by atoms with E-state index in [4.69, 9.17) is 27.4 Å². The Morgan fingerprint density at radius 1 is 0.867 bits per heavy atom. The molecule has 3 unspecified atom stereocenters. The summed E-state index contributed by atoms with van der Waals surface area (Å²) >= 11 is 0. The maximum absolute atomic E-state index is 12.2. The summed E-state index contributed by atoms with van der Waals surface area (Å²) in [6, 6.07) is -4.22. The van der Waals surface area contributed by atoms with Crippen molar-refractivity contribution in [3.05, 3.63) is 0 Å². The molecule has 0 aliphatic rings. The molecule has 0 aliphatic carbocycles. The molecule has 14 heteroatoms. The van der Waals surface area contributed by atoms with E-state index in [0.29, 0.717) is 25.8 Å². The van der Waals surface area contributed by atoms with Gasteiger partial charge in [-0.3, -0.25) is 24.0 Å². The minimum atomic E-state index is -1.70. The van der Waals surface area contributed by atoms with Gasteiger partial charge in [-0.2, -0.15) is 0 Å². The number of hydrogen-bond donors (Lipinski definition) is 8. The molecule has 0 aliphatic heterocycles. The quantitative estimate of drug-likeness (QED) is 0.116. The maximum Gasteiger partial charge on any atom is 0.326 e. The number of nitrogens with two attached hydrogens (primary N) is 3. The molecule has 0 heterocycles. The summed E-state index contributed by atoms with van der Waals surface area (Å²) < 4.78 is 0. The number of carbonyl (C=O) groups is 6. The van der Waals surface area contributed by atoms with Crippen molar-refractivity contribution in [1.82, 2.24) is 16.0 Å². The smallest absolute Gasteiger partial charge is 0.326 e. The van der Waals surface area contributed by atoms with Gasteiger partial charge in [-0.05, 0) is 19.4 Å². The van der Waals surface area contributed by atoms with Crippen LogP contribution in [0.2, 0.25) is 0 Å². The fourth-order valence-electron chi connectivity index (χ4n) is 2.24. The normalized spacial score (nSPS) is 13.4. The van der Waals surface area contributed by atoms with Crippen molar-refractivity contribution in [3.63, 3.8) is 0 Å². The van der Waals surface area contributed by atoms with E-state index in [1.54, 1.807) is 0 Å². The van der Waals surface area contributed by atoms with E-state index >= 15 is 0 Å². The van der Waals surface area contributed by atoms with Crippen molar-refractivity contribution in [2.75, 3.05) is 13.1 Å². The highest BCUT2D eigenvalue weighted by atomic mass is 16.4. The Labute approximate surface area is 171 Å². The fraction of sp³-hybridized carbons (Fsp3) is 0.625. The van der Waals surface area contributed by atoms with Crippen molar-refractivity contribution < 1.29 is 39.0 Å². The standard InChI is InChI=1S/C16H28N6O8/c17-4-2-1-3-8(18)14(27)20-7-12(24)21-9(6-13(25)26)15(28)22-10(16(29)30)5-11(19)23/h8-10H,1-7,17-18H2,(H2,19,23)(H,20,27)(H,21,24)(H,22,28)(H,25,26)(H,29,30). The van der Waals surface area contributed by atoms with Gasteiger partial charge in [-0.25, -0.2) is 4.79 Å². The van der Waals surface area contributed by atoms with E-state index < -0.39 is 73.1 Å². The molecule has 0 aromatic carbocycles. The number of amides is 4. The van der Waals surface area contributed by atoms with E-state index in [9.17, 15) is 28.8 Å². The van der Waals surface area contributed by atoms with Gasteiger partial charge < -0.3 is 43.4 Å². The second-order valence-corrected chi connectivity index (χ2v) is 6.40. The zero-order valence-corrected chi connectivity index (χ0v) is 16.3. The van der Waals surface area contributed by atoms with Gasteiger partial charge in [0, 0.05) is 0 Å². The number of hydrogen-bond acceptors (Lipinski definition) is 8. The van der Waals surface area contributed by atoms with Crippen LogP contribution < -0.4 is 33.2 Å². The van der Waals surface area contributed by atoms with Gasteiger partial charge in [-0.15, -0.1) is 0 Å². The van der Waals surface area contributed by atoms with Crippen molar-refractivity contribution in [2.45, 2.75) is 50.2 Å². The molecular formula is C16H28N6O8. The average Bonchev–Trinajstić information content (AvgIpc) is 2.64. The van der Waals surface area contributed by atoms with Crippen LogP contribution in [-0.2, 0) is 28.8 Å². The van der Waals surface area contributed by atoms with Crippen molar-refractivity contribution in [3.8, 4) is 0 Å². The lowest BCUT2D eigenvalue weighted by Gasteiger charge is -2.20. The van der Waals surface area contributed by atoms with E-state index in [1.165, 1.54) is 0 Å². The molecule has 0 aromatic rings. The first-order valence-electron chi connectivity index (χ1n) is 9.03. The number of unbranched alkanes of at least 4 members (excludes halogenated alkanes) is 1. The minimum absolute atomic E-state index is 0.352. The Hall–Kier alpha value is -3.26. The Bertz CT molecular complexity index is 656. The van der Waals surface area contributed by atoms with Crippen molar-refractivity contribution >= 4 is 35.6 Å². The molecule has 14 nitrogen and oxygen atoms in total. The molecule has 0 bridgehead atoms. The Balaban J connectivity index is 4.83. The van der Waals surface area contributed by atoms with Gasteiger partial charge in [0.2, 0.25) is 23.6 Å². The lowest BCUT2D eigenvalue weighted by Crippen LogP contribution is -2.54. The van der Waals surface area contributed by atoms with Crippen LogP contribution in [0.3, 0.4) is 0 Å². The molecule has 0 fully saturated rings. The Kier molecular flexibility index (Phi) is 12.3. The van der Waals surface area contributed by atoms with E-state index in [-0.39, 0.29) is 0 Å². The molecule has 0 saturated carbocycles. The topological polar surface area (TPSA) is 257 Å². The zero-order valence-electron chi connectivity index (χ0n) is 16.3. The van der Waals surface area contributed by atoms with Crippen LogP contribution in [0.5, 0.6) is 0 Å². The summed E-state index contributed by atoms with van der Waals surface area (Å²) in [6.07, 6.45) is 0.0554. The predicted molar refractivity (Wildman–Crippen MR) is 101 cm³/mol. The largest absolute Gasteiger partial charge is 0.481 e. The first kappa shape index (κ1) is 26.7. The predicted octanol–water partition coefficient (Wildman–Crippen LogP) is -4.04. The molecule has 4 amide bonds. The third-order valence-electron chi connectivity index (χ3n) is 3.78. The molecule has 11 N–H and O–H groups in total. The first-order valence-corrected chi connectivity index (χ1v) is 9.03. The van der Waals surface area contributed by atoms with Gasteiger partial charge in [0.15, 0.2) is 0 Å². The number of rotatable bonds is 15. The molecule has 0 aromatic heterocycles. The molecule has 3 atom stereocenters. The molecule has 0 spiro atoms. The van der Waals surface area contributed by atoms with E-state index in [2.05, 4.69) is 10.6 Å². The summed E-state index contributed by atoms with van der Waals surface area (Å²) in [5.74, 6) is -6.70. The minimum Gasteiger partial charge on any atom is -0.481 e.